The lowest BCUT2D eigenvalue weighted by Gasteiger charge is -2.14. The van der Waals surface area contributed by atoms with Crippen molar-refractivity contribution < 1.29 is 5.21 Å². The first kappa shape index (κ1) is 7.92. The lowest BCUT2D eigenvalue weighted by atomic mass is 10.0. The molecule has 0 saturated carbocycles. The van der Waals surface area contributed by atoms with Crippen molar-refractivity contribution in [3.63, 3.8) is 0 Å². The van der Waals surface area contributed by atoms with Crippen LogP contribution in [0.4, 0.5) is 0 Å². The predicted molar refractivity (Wildman–Crippen MR) is 33.8 cm³/mol. The molecule has 2 N–H and O–H groups in total. The van der Waals surface area contributed by atoms with Crippen molar-refractivity contribution in [1.82, 2.24) is 5.48 Å². The predicted octanol–water partition coefficient (Wildman–Crippen LogP) is 1.40. The zero-order valence-corrected chi connectivity index (χ0v) is 5.81. The maximum atomic E-state index is 8.39. The quantitative estimate of drug-likeness (QED) is 0.548. The first-order valence-electron chi connectivity index (χ1n) is 3.12. The Bertz CT molecular complexity index is 48.5. The first-order valence-corrected chi connectivity index (χ1v) is 3.12. The molecule has 8 heavy (non-hydrogen) atoms. The van der Waals surface area contributed by atoms with E-state index in [4.69, 9.17) is 5.21 Å². The molecule has 50 valence electrons. The van der Waals surface area contributed by atoms with Crippen LogP contribution in [0.2, 0.25) is 0 Å². The van der Waals surface area contributed by atoms with Crippen molar-refractivity contribution >= 4 is 0 Å². The van der Waals surface area contributed by atoms with Crippen molar-refractivity contribution in [2.75, 3.05) is 0 Å². The topological polar surface area (TPSA) is 32.3 Å². The van der Waals surface area contributed by atoms with Gasteiger partial charge in [-0.2, -0.15) is 0 Å². The molecule has 2 atom stereocenters. The minimum atomic E-state index is 0.222. The van der Waals surface area contributed by atoms with Crippen molar-refractivity contribution in [2.45, 2.75) is 33.2 Å². The van der Waals surface area contributed by atoms with Crippen LogP contribution in [0.15, 0.2) is 0 Å². The molecule has 0 aromatic heterocycles. The fraction of sp³-hybridized carbons (Fsp3) is 1.00. The molecule has 0 aliphatic carbocycles. The average molecular weight is 117 g/mol. The zero-order valence-electron chi connectivity index (χ0n) is 5.81. The van der Waals surface area contributed by atoms with E-state index in [0.717, 1.165) is 6.42 Å². The first-order chi connectivity index (χ1) is 3.72. The molecule has 0 aliphatic heterocycles. The second kappa shape index (κ2) is 3.87. The lowest BCUT2D eigenvalue weighted by molar-refractivity contribution is 0.108. The molecule has 0 aromatic carbocycles. The largest absolute Gasteiger partial charge is 0.317 e. The highest BCUT2D eigenvalue weighted by molar-refractivity contribution is 4.60. The van der Waals surface area contributed by atoms with Gasteiger partial charge in [0.1, 0.15) is 0 Å². The summed E-state index contributed by atoms with van der Waals surface area (Å²) in [5.41, 5.74) is 2.22. The van der Waals surface area contributed by atoms with Gasteiger partial charge in [0.2, 0.25) is 0 Å². The van der Waals surface area contributed by atoms with Crippen molar-refractivity contribution in [2.24, 2.45) is 5.92 Å². The molecule has 0 aromatic rings. The molecule has 0 aliphatic rings. The highest BCUT2D eigenvalue weighted by atomic mass is 16.5. The molecular formula is C6H15NO. The van der Waals surface area contributed by atoms with E-state index in [9.17, 15) is 0 Å². The Morgan fingerprint density at radius 3 is 2.12 bits per heavy atom. The molecule has 0 bridgehead atoms. The van der Waals surface area contributed by atoms with Gasteiger partial charge >= 0.3 is 0 Å². The summed E-state index contributed by atoms with van der Waals surface area (Å²) < 4.78 is 0. The number of hydrogen-bond donors (Lipinski definition) is 2. The molecule has 0 rings (SSSR count). The summed E-state index contributed by atoms with van der Waals surface area (Å²) >= 11 is 0. The fourth-order valence-corrected chi connectivity index (χ4v) is 0.481. The van der Waals surface area contributed by atoms with Gasteiger partial charge in [0.05, 0.1) is 0 Å². The third-order valence-corrected chi connectivity index (χ3v) is 1.70. The SMILES string of the molecule is CC[C@H](C)[C@H](C)NO. The van der Waals surface area contributed by atoms with E-state index in [1.165, 1.54) is 0 Å². The van der Waals surface area contributed by atoms with Gasteiger partial charge < -0.3 is 5.21 Å². The molecule has 0 unspecified atom stereocenters. The monoisotopic (exact) mass is 117 g/mol. The van der Waals surface area contributed by atoms with E-state index in [1.54, 1.807) is 0 Å². The maximum Gasteiger partial charge on any atom is 0.0316 e. The summed E-state index contributed by atoms with van der Waals surface area (Å²) in [4.78, 5) is 0. The molecule has 0 fully saturated rings. The average Bonchev–Trinajstić information content (AvgIpc) is 1.84. The Morgan fingerprint density at radius 2 is 2.00 bits per heavy atom. The van der Waals surface area contributed by atoms with Crippen molar-refractivity contribution in [3.8, 4) is 0 Å². The fourth-order valence-electron chi connectivity index (χ4n) is 0.481. The van der Waals surface area contributed by atoms with Crippen molar-refractivity contribution in [1.29, 1.82) is 0 Å². The van der Waals surface area contributed by atoms with E-state index in [0.29, 0.717) is 5.92 Å². The Hall–Kier alpha value is -0.0800. The highest BCUT2D eigenvalue weighted by Gasteiger charge is 2.06. The van der Waals surface area contributed by atoms with E-state index in [2.05, 4.69) is 19.3 Å². The van der Waals surface area contributed by atoms with Crippen LogP contribution < -0.4 is 5.48 Å². The van der Waals surface area contributed by atoms with Crippen LogP contribution in [-0.2, 0) is 0 Å². The summed E-state index contributed by atoms with van der Waals surface area (Å²) in [6, 6.07) is 0.222. The molecule has 0 radical (unpaired) electrons. The van der Waals surface area contributed by atoms with Crippen LogP contribution in [-0.4, -0.2) is 11.2 Å². The van der Waals surface area contributed by atoms with E-state index >= 15 is 0 Å². The van der Waals surface area contributed by atoms with Gasteiger partial charge in [0, 0.05) is 6.04 Å². The third-order valence-electron chi connectivity index (χ3n) is 1.70. The summed E-state index contributed by atoms with van der Waals surface area (Å²) in [5.74, 6) is 0.556. The van der Waals surface area contributed by atoms with Crippen LogP contribution in [0.25, 0.3) is 0 Å². The summed E-state index contributed by atoms with van der Waals surface area (Å²) in [6.07, 6.45) is 1.11. The van der Waals surface area contributed by atoms with E-state index in [1.807, 2.05) is 6.92 Å². The van der Waals surface area contributed by atoms with Gasteiger partial charge in [-0.1, -0.05) is 20.3 Å². The minimum Gasteiger partial charge on any atom is -0.317 e. The van der Waals surface area contributed by atoms with Gasteiger partial charge in [0.25, 0.3) is 0 Å². The second-order valence-corrected chi connectivity index (χ2v) is 2.30. The van der Waals surface area contributed by atoms with Gasteiger partial charge in [-0.15, -0.1) is 0 Å². The van der Waals surface area contributed by atoms with Crippen LogP contribution >= 0.6 is 0 Å². The Balaban J connectivity index is 3.29. The normalized spacial score (nSPS) is 18.0. The number of hydroxylamine groups is 1. The van der Waals surface area contributed by atoms with Gasteiger partial charge in [-0.25, -0.2) is 5.48 Å². The van der Waals surface area contributed by atoms with Crippen LogP contribution in [0.3, 0.4) is 0 Å². The summed E-state index contributed by atoms with van der Waals surface area (Å²) in [5, 5.41) is 8.39. The summed E-state index contributed by atoms with van der Waals surface area (Å²) in [6.45, 7) is 6.18. The van der Waals surface area contributed by atoms with Gasteiger partial charge in [-0.05, 0) is 12.8 Å². The molecule has 2 heteroatoms. The number of nitrogens with one attached hydrogen (secondary N) is 1. The minimum absolute atomic E-state index is 0.222. The number of hydrogen-bond acceptors (Lipinski definition) is 2. The van der Waals surface area contributed by atoms with Crippen LogP contribution in [0, 0.1) is 5.92 Å². The summed E-state index contributed by atoms with van der Waals surface area (Å²) in [7, 11) is 0. The smallest absolute Gasteiger partial charge is 0.0316 e. The lowest BCUT2D eigenvalue weighted by Crippen LogP contribution is -2.28. The molecule has 0 heterocycles. The Labute approximate surface area is 50.9 Å². The van der Waals surface area contributed by atoms with Crippen LogP contribution in [0.1, 0.15) is 27.2 Å². The Kier molecular flexibility index (Phi) is 3.83. The molecular weight excluding hydrogens is 102 g/mol. The zero-order chi connectivity index (χ0) is 6.57. The molecule has 2 nitrogen and oxygen atoms in total. The molecule has 0 saturated heterocycles. The highest BCUT2D eigenvalue weighted by Crippen LogP contribution is 2.04. The van der Waals surface area contributed by atoms with E-state index in [-0.39, 0.29) is 6.04 Å². The van der Waals surface area contributed by atoms with Gasteiger partial charge in [0.15, 0.2) is 0 Å². The maximum absolute atomic E-state index is 8.39. The molecule has 0 spiro atoms. The van der Waals surface area contributed by atoms with E-state index < -0.39 is 0 Å². The number of rotatable bonds is 3. The second-order valence-electron chi connectivity index (χ2n) is 2.30. The standard InChI is InChI=1S/C6H15NO/c1-4-5(2)6(3)7-8/h5-8H,4H2,1-3H3/t5-,6-/m0/s1. The third kappa shape index (κ3) is 2.28. The Morgan fingerprint density at radius 1 is 1.50 bits per heavy atom. The van der Waals surface area contributed by atoms with Crippen LogP contribution in [0.5, 0.6) is 0 Å². The van der Waals surface area contributed by atoms with Gasteiger partial charge in [-0.3, -0.25) is 0 Å². The molecule has 0 amide bonds. The van der Waals surface area contributed by atoms with Crippen molar-refractivity contribution in [3.05, 3.63) is 0 Å².